The molecule has 11 nitrogen and oxygen atoms in total. The molecule has 288 valence electrons. The topological polar surface area (TPSA) is 154 Å². The number of ether oxygens (including phenoxy) is 6. The minimum atomic E-state index is -1.64. The first-order chi connectivity index (χ1) is 25.9. The number of esters is 2. The summed E-state index contributed by atoms with van der Waals surface area (Å²) in [6.45, 7) is 15.7. The van der Waals surface area contributed by atoms with Crippen LogP contribution in [0.2, 0.25) is 0 Å². The van der Waals surface area contributed by atoms with Gasteiger partial charge in [0.15, 0.2) is 22.7 Å². The summed E-state index contributed by atoms with van der Waals surface area (Å²) in [7, 11) is 1.30. The Labute approximate surface area is 321 Å². The largest absolute Gasteiger partial charge is 0.482 e. The van der Waals surface area contributed by atoms with Crippen LogP contribution >= 0.6 is 0 Å². The summed E-state index contributed by atoms with van der Waals surface area (Å²) in [5.41, 5.74) is 0.768. The fraction of sp³-hybridized carbons (Fsp3) is 0.523. The van der Waals surface area contributed by atoms with Gasteiger partial charge in [0, 0.05) is 40.9 Å². The predicted molar refractivity (Wildman–Crippen MR) is 202 cm³/mol. The minimum Gasteiger partial charge on any atom is -0.482 e. The maximum atomic E-state index is 15.2. The number of ketones is 1. The molecule has 4 bridgehead atoms. The number of rotatable bonds is 8. The minimum absolute atomic E-state index is 0.0153. The lowest BCUT2D eigenvalue weighted by atomic mass is 9.44. The maximum absolute atomic E-state index is 15.2. The van der Waals surface area contributed by atoms with Gasteiger partial charge in [0.2, 0.25) is 5.90 Å². The SMILES string of the molecule is COC(=O)C(C)=CCC12OC(C)(C)C3CC(C1=O)C1C4=C(OC(=N)C1C#N)c1c(c(CC=C(C)C)c5c6c1OC(=O)CC6=CC(C)(CCC=C(C)C)O5)OC432. The van der Waals surface area contributed by atoms with Crippen LogP contribution in [0.1, 0.15) is 104 Å². The van der Waals surface area contributed by atoms with Crippen LogP contribution in [-0.4, -0.2) is 53.1 Å². The number of fused-ring (bicyclic) bond motifs is 3. The molecule has 5 heterocycles. The van der Waals surface area contributed by atoms with Crippen molar-refractivity contribution in [1.82, 2.24) is 0 Å². The van der Waals surface area contributed by atoms with Gasteiger partial charge in [-0.05, 0) is 92.7 Å². The van der Waals surface area contributed by atoms with Crippen LogP contribution < -0.4 is 14.2 Å². The number of carbonyl (C=O) groups is 3. The fourth-order valence-electron chi connectivity index (χ4n) is 10.5. The highest BCUT2D eigenvalue weighted by molar-refractivity contribution is 6.05. The lowest BCUT2D eigenvalue weighted by Gasteiger charge is -2.62. The standard InChI is InChI=1S/C44H48N2O9/c1-21(2)11-10-15-42(8)19-24-17-29(47)51-36-30(24)34(53-42)25(13-12-22(3)4)35-32(36)37-33-31(27(20-45)39(46)52-37)26-18-28-41(6,7)55-43(38(26)48,44(28,33)54-35)16-14-23(5)40(49)50-9/h11-12,14,19,26-28,31,46H,10,13,15-18H2,1-9H3. The zero-order valence-corrected chi connectivity index (χ0v) is 33.0. The Balaban J connectivity index is 1.46. The molecule has 0 amide bonds. The number of carbonyl (C=O) groups excluding carboxylic acids is 3. The molecule has 8 aliphatic rings. The lowest BCUT2D eigenvalue weighted by Crippen LogP contribution is -2.75. The third-order valence-corrected chi connectivity index (χ3v) is 12.7. The number of nitrogens with zero attached hydrogens (tertiary/aromatic N) is 1. The fourth-order valence-corrected chi connectivity index (χ4v) is 10.5. The second-order valence-corrected chi connectivity index (χ2v) is 17.3. The van der Waals surface area contributed by atoms with E-state index in [4.69, 9.17) is 33.8 Å². The molecule has 1 saturated heterocycles. The molecular weight excluding hydrogens is 700 g/mol. The highest BCUT2D eigenvalue weighted by Crippen LogP contribution is 2.74. The van der Waals surface area contributed by atoms with Gasteiger partial charge < -0.3 is 28.4 Å². The third-order valence-electron chi connectivity index (χ3n) is 12.7. The van der Waals surface area contributed by atoms with E-state index >= 15 is 4.79 Å². The Hall–Kier alpha value is -4.95. The number of allylic oxidation sites excluding steroid dienone is 4. The van der Waals surface area contributed by atoms with Crippen molar-refractivity contribution in [3.8, 4) is 23.3 Å². The number of nitrogens with one attached hydrogen (secondary N) is 1. The molecule has 1 N–H and O–H groups in total. The van der Waals surface area contributed by atoms with Gasteiger partial charge in [0.25, 0.3) is 0 Å². The number of benzene rings is 1. The summed E-state index contributed by atoms with van der Waals surface area (Å²) in [5.74, 6) is -3.09. The van der Waals surface area contributed by atoms with Crippen LogP contribution in [0.3, 0.4) is 0 Å². The zero-order chi connectivity index (χ0) is 39.6. The van der Waals surface area contributed by atoms with E-state index in [0.29, 0.717) is 58.6 Å². The van der Waals surface area contributed by atoms with Crippen molar-refractivity contribution in [2.75, 3.05) is 7.11 Å². The predicted octanol–water partition coefficient (Wildman–Crippen LogP) is 7.67. The van der Waals surface area contributed by atoms with Gasteiger partial charge in [-0.15, -0.1) is 0 Å². The Morgan fingerprint density at radius 2 is 1.71 bits per heavy atom. The molecule has 1 aromatic rings. The normalized spacial score (nSPS) is 32.7. The van der Waals surface area contributed by atoms with Crippen LogP contribution in [0.5, 0.6) is 17.2 Å². The molecule has 11 heteroatoms. The van der Waals surface area contributed by atoms with E-state index in [1.807, 2.05) is 40.7 Å². The van der Waals surface area contributed by atoms with Crippen LogP contribution in [0, 0.1) is 40.4 Å². The van der Waals surface area contributed by atoms with Gasteiger partial charge in [-0.3, -0.25) is 15.0 Å². The van der Waals surface area contributed by atoms with Gasteiger partial charge in [-0.25, -0.2) is 4.79 Å². The summed E-state index contributed by atoms with van der Waals surface area (Å²) >= 11 is 0. The van der Waals surface area contributed by atoms with E-state index in [0.717, 1.165) is 17.6 Å². The summed E-state index contributed by atoms with van der Waals surface area (Å²) in [6, 6.07) is 2.27. The van der Waals surface area contributed by atoms with E-state index in [9.17, 15) is 14.9 Å². The molecule has 9 rings (SSSR count). The van der Waals surface area contributed by atoms with Crippen molar-refractivity contribution in [2.45, 2.75) is 116 Å². The average Bonchev–Trinajstić information content (AvgIpc) is 3.25. The van der Waals surface area contributed by atoms with Crippen LogP contribution in [0.4, 0.5) is 0 Å². The van der Waals surface area contributed by atoms with Crippen molar-refractivity contribution >= 4 is 35.0 Å². The quantitative estimate of drug-likeness (QED) is 0.121. The highest BCUT2D eigenvalue weighted by Gasteiger charge is 2.84. The summed E-state index contributed by atoms with van der Waals surface area (Å²) in [5, 5.41) is 19.6. The summed E-state index contributed by atoms with van der Waals surface area (Å²) in [4.78, 5) is 41.5. The second kappa shape index (κ2) is 12.3. The van der Waals surface area contributed by atoms with Gasteiger partial charge in [-0.1, -0.05) is 29.4 Å². The Bertz CT molecular complexity index is 2210. The molecule has 7 unspecified atom stereocenters. The Morgan fingerprint density at radius 1 is 1.00 bits per heavy atom. The van der Waals surface area contributed by atoms with Crippen molar-refractivity contribution in [3.63, 3.8) is 0 Å². The number of methoxy groups -OCH3 is 1. The van der Waals surface area contributed by atoms with Crippen molar-refractivity contribution in [3.05, 3.63) is 63.3 Å². The van der Waals surface area contributed by atoms with Crippen LogP contribution in [0.15, 0.2) is 46.6 Å². The van der Waals surface area contributed by atoms with Gasteiger partial charge in [0.1, 0.15) is 34.3 Å². The lowest BCUT2D eigenvalue weighted by molar-refractivity contribution is -0.183. The van der Waals surface area contributed by atoms with E-state index < -0.39 is 58.0 Å². The Morgan fingerprint density at radius 3 is 2.38 bits per heavy atom. The molecule has 3 aliphatic carbocycles. The number of hydrogen-bond acceptors (Lipinski definition) is 11. The van der Waals surface area contributed by atoms with Gasteiger partial charge in [-0.2, -0.15) is 5.26 Å². The molecule has 55 heavy (non-hydrogen) atoms. The zero-order valence-electron chi connectivity index (χ0n) is 33.0. The third kappa shape index (κ3) is 5.02. The van der Waals surface area contributed by atoms with Gasteiger partial charge in [0.05, 0.1) is 30.8 Å². The first-order valence-corrected chi connectivity index (χ1v) is 19.1. The molecule has 1 aromatic carbocycles. The average molecular weight is 749 g/mol. The first-order valence-electron chi connectivity index (χ1n) is 19.1. The molecule has 0 radical (unpaired) electrons. The van der Waals surface area contributed by atoms with E-state index in [1.54, 1.807) is 13.0 Å². The monoisotopic (exact) mass is 748 g/mol. The first kappa shape index (κ1) is 37.0. The second-order valence-electron chi connectivity index (χ2n) is 17.3. The van der Waals surface area contributed by atoms with Crippen molar-refractivity contribution < 1.29 is 42.8 Å². The van der Waals surface area contributed by atoms with E-state index in [1.165, 1.54) is 12.7 Å². The molecule has 0 aromatic heterocycles. The number of hydrogen-bond donors (Lipinski definition) is 1. The molecular formula is C44H48N2O9. The molecule has 1 spiro atoms. The number of Topliss-reactive ketones (excluding diaryl/α,β-unsaturated/α-hetero) is 1. The molecule has 4 fully saturated rings. The van der Waals surface area contributed by atoms with Crippen molar-refractivity contribution in [1.29, 1.82) is 10.7 Å². The molecule has 3 saturated carbocycles. The van der Waals surface area contributed by atoms with Gasteiger partial charge >= 0.3 is 11.9 Å². The Kier molecular flexibility index (Phi) is 8.26. The maximum Gasteiger partial charge on any atom is 0.333 e. The van der Waals surface area contributed by atoms with E-state index in [2.05, 4.69) is 32.1 Å². The molecule has 5 aliphatic heterocycles. The summed E-state index contributed by atoms with van der Waals surface area (Å²) < 4.78 is 39.4. The molecule has 7 atom stereocenters. The smallest absolute Gasteiger partial charge is 0.333 e. The van der Waals surface area contributed by atoms with Crippen molar-refractivity contribution in [2.24, 2.45) is 23.7 Å². The van der Waals surface area contributed by atoms with Crippen LogP contribution in [0.25, 0.3) is 11.3 Å². The van der Waals surface area contributed by atoms with E-state index in [-0.39, 0.29) is 36.0 Å². The number of nitriles is 1. The van der Waals surface area contributed by atoms with Crippen LogP contribution in [-0.2, 0) is 35.0 Å². The summed E-state index contributed by atoms with van der Waals surface area (Å²) in [6.07, 6.45) is 10.1. The highest BCUT2D eigenvalue weighted by atomic mass is 16.6.